The number of carbonyl (C=O) groups is 2. The van der Waals surface area contributed by atoms with E-state index >= 15 is 0 Å². The van der Waals surface area contributed by atoms with E-state index in [9.17, 15) is 22.8 Å². The van der Waals surface area contributed by atoms with E-state index in [4.69, 9.17) is 10.5 Å². The Hall–Kier alpha value is -3.89. The number of esters is 1. The molecule has 1 heterocycles. The summed E-state index contributed by atoms with van der Waals surface area (Å²) in [7, 11) is 0. The highest BCUT2D eigenvalue weighted by Crippen LogP contribution is 2.33. The summed E-state index contributed by atoms with van der Waals surface area (Å²) in [6, 6.07) is 7.51. The first kappa shape index (κ1) is 20.8. The van der Waals surface area contributed by atoms with Crippen molar-refractivity contribution >= 4 is 23.3 Å². The van der Waals surface area contributed by atoms with Crippen molar-refractivity contribution in [3.63, 3.8) is 0 Å². The fourth-order valence-corrected chi connectivity index (χ4v) is 2.60. The van der Waals surface area contributed by atoms with Crippen LogP contribution in [0.15, 0.2) is 49.1 Å². The summed E-state index contributed by atoms with van der Waals surface area (Å²) in [5.41, 5.74) is 5.80. The maximum Gasteiger partial charge on any atom is 0.416 e. The van der Waals surface area contributed by atoms with E-state index in [1.807, 2.05) is 0 Å². The van der Waals surface area contributed by atoms with Crippen LogP contribution in [0.2, 0.25) is 0 Å². The molecule has 0 saturated heterocycles. The molecule has 0 bridgehead atoms. The fraction of sp³-hybridized carbons (Fsp3) is 0.158. The highest BCUT2D eigenvalue weighted by atomic mass is 19.4. The van der Waals surface area contributed by atoms with Gasteiger partial charge in [-0.05, 0) is 36.8 Å². The first-order chi connectivity index (χ1) is 14.2. The first-order valence-corrected chi connectivity index (χ1v) is 8.55. The Labute approximate surface area is 168 Å². The van der Waals surface area contributed by atoms with E-state index in [0.717, 1.165) is 18.2 Å². The SMILES string of the molecule is Cc1cccc(C(=O)OCC(=O)Nc2cc(C(F)(F)F)ccc2-n2cncn2)c1N. The van der Waals surface area contributed by atoms with Crippen LogP contribution in [0, 0.1) is 6.92 Å². The highest BCUT2D eigenvalue weighted by molar-refractivity contribution is 5.99. The number of amides is 1. The number of nitrogens with two attached hydrogens (primary N) is 1. The van der Waals surface area contributed by atoms with Crippen LogP contribution in [-0.2, 0) is 15.7 Å². The molecule has 0 aliphatic carbocycles. The number of hydrogen-bond acceptors (Lipinski definition) is 6. The number of benzene rings is 2. The molecular formula is C19H16F3N5O3. The lowest BCUT2D eigenvalue weighted by Gasteiger charge is -2.14. The van der Waals surface area contributed by atoms with Gasteiger partial charge < -0.3 is 15.8 Å². The number of nitrogen functional groups attached to an aromatic ring is 1. The predicted molar refractivity (Wildman–Crippen MR) is 101 cm³/mol. The fourth-order valence-electron chi connectivity index (χ4n) is 2.60. The van der Waals surface area contributed by atoms with E-state index in [1.165, 1.54) is 23.4 Å². The topological polar surface area (TPSA) is 112 Å². The van der Waals surface area contributed by atoms with Crippen molar-refractivity contribution in [1.29, 1.82) is 0 Å². The normalized spacial score (nSPS) is 11.2. The second-order valence-corrected chi connectivity index (χ2v) is 6.23. The number of aryl methyl sites for hydroxylation is 1. The predicted octanol–water partition coefficient (Wildman–Crippen LogP) is 2.97. The zero-order chi connectivity index (χ0) is 21.9. The van der Waals surface area contributed by atoms with Gasteiger partial charge in [0.05, 0.1) is 22.5 Å². The largest absolute Gasteiger partial charge is 0.452 e. The van der Waals surface area contributed by atoms with Gasteiger partial charge in [-0.2, -0.15) is 18.3 Å². The Bertz CT molecular complexity index is 1080. The minimum absolute atomic E-state index is 0.0881. The van der Waals surface area contributed by atoms with Crippen LogP contribution in [0.4, 0.5) is 24.5 Å². The number of para-hydroxylation sites is 1. The number of nitrogens with one attached hydrogen (secondary N) is 1. The van der Waals surface area contributed by atoms with Crippen molar-refractivity contribution in [3.8, 4) is 5.69 Å². The minimum Gasteiger partial charge on any atom is -0.452 e. The van der Waals surface area contributed by atoms with Gasteiger partial charge in [0.1, 0.15) is 12.7 Å². The van der Waals surface area contributed by atoms with Gasteiger partial charge in [-0.15, -0.1) is 0 Å². The standard InChI is InChI=1S/C19H16F3N5O3/c1-11-3-2-4-13(17(11)23)18(29)30-8-16(28)26-14-7-12(19(20,21)22)5-6-15(14)27-10-24-9-25-27/h2-7,9-10H,8,23H2,1H3,(H,26,28). The Morgan fingerprint density at radius 3 is 2.67 bits per heavy atom. The molecule has 156 valence electrons. The summed E-state index contributed by atoms with van der Waals surface area (Å²) in [4.78, 5) is 28.1. The second kappa shape index (κ2) is 8.23. The Morgan fingerprint density at radius 2 is 2.00 bits per heavy atom. The van der Waals surface area contributed by atoms with Crippen molar-refractivity contribution < 1.29 is 27.5 Å². The summed E-state index contributed by atoms with van der Waals surface area (Å²) >= 11 is 0. The van der Waals surface area contributed by atoms with Crippen LogP contribution in [-0.4, -0.2) is 33.2 Å². The zero-order valence-corrected chi connectivity index (χ0v) is 15.6. The van der Waals surface area contributed by atoms with Crippen molar-refractivity contribution in [3.05, 3.63) is 65.7 Å². The molecule has 3 aromatic rings. The lowest BCUT2D eigenvalue weighted by atomic mass is 10.1. The van der Waals surface area contributed by atoms with Crippen LogP contribution in [0.1, 0.15) is 21.5 Å². The molecule has 2 aromatic carbocycles. The van der Waals surface area contributed by atoms with E-state index in [0.29, 0.717) is 5.56 Å². The number of anilines is 2. The number of alkyl halides is 3. The van der Waals surface area contributed by atoms with E-state index in [-0.39, 0.29) is 22.6 Å². The molecule has 0 unspecified atom stereocenters. The second-order valence-electron chi connectivity index (χ2n) is 6.23. The minimum atomic E-state index is -4.62. The molecule has 1 aromatic heterocycles. The van der Waals surface area contributed by atoms with Crippen molar-refractivity contribution in [2.75, 3.05) is 17.7 Å². The maximum absolute atomic E-state index is 13.1. The molecule has 0 atom stereocenters. The third-order valence-electron chi connectivity index (χ3n) is 4.14. The number of nitrogens with zero attached hydrogens (tertiary/aromatic N) is 3. The lowest BCUT2D eigenvalue weighted by Crippen LogP contribution is -2.22. The molecule has 1 amide bonds. The number of rotatable bonds is 5. The monoisotopic (exact) mass is 419 g/mol. The van der Waals surface area contributed by atoms with Crippen molar-refractivity contribution in [2.24, 2.45) is 0 Å². The van der Waals surface area contributed by atoms with Crippen LogP contribution >= 0.6 is 0 Å². The van der Waals surface area contributed by atoms with Crippen molar-refractivity contribution in [2.45, 2.75) is 13.1 Å². The van der Waals surface area contributed by atoms with Gasteiger partial charge in [0.15, 0.2) is 6.61 Å². The lowest BCUT2D eigenvalue weighted by molar-refractivity contribution is -0.137. The smallest absolute Gasteiger partial charge is 0.416 e. The Morgan fingerprint density at radius 1 is 1.23 bits per heavy atom. The van der Waals surface area contributed by atoms with Gasteiger partial charge in [-0.1, -0.05) is 12.1 Å². The molecular weight excluding hydrogens is 403 g/mol. The molecule has 30 heavy (non-hydrogen) atoms. The van der Waals surface area contributed by atoms with Gasteiger partial charge in [-0.3, -0.25) is 4.79 Å². The summed E-state index contributed by atoms with van der Waals surface area (Å²) in [5.74, 6) is -1.66. The Balaban J connectivity index is 1.77. The zero-order valence-electron chi connectivity index (χ0n) is 15.6. The van der Waals surface area contributed by atoms with Gasteiger partial charge in [0.2, 0.25) is 0 Å². The van der Waals surface area contributed by atoms with Gasteiger partial charge in [-0.25, -0.2) is 14.5 Å². The highest BCUT2D eigenvalue weighted by Gasteiger charge is 2.31. The molecule has 3 N–H and O–H groups in total. The molecule has 11 heteroatoms. The molecule has 0 spiro atoms. The molecule has 8 nitrogen and oxygen atoms in total. The van der Waals surface area contributed by atoms with Crippen LogP contribution in [0.25, 0.3) is 5.69 Å². The molecule has 0 aliphatic heterocycles. The van der Waals surface area contributed by atoms with Crippen LogP contribution in [0.3, 0.4) is 0 Å². The average molecular weight is 419 g/mol. The van der Waals surface area contributed by atoms with Crippen LogP contribution < -0.4 is 11.1 Å². The van der Waals surface area contributed by atoms with Crippen LogP contribution in [0.5, 0.6) is 0 Å². The number of hydrogen-bond donors (Lipinski definition) is 2. The molecule has 0 radical (unpaired) electrons. The summed E-state index contributed by atoms with van der Waals surface area (Å²) < 4.78 is 45.3. The summed E-state index contributed by atoms with van der Waals surface area (Å²) in [6.45, 7) is 0.984. The average Bonchev–Trinajstić information content (AvgIpc) is 3.22. The van der Waals surface area contributed by atoms with E-state index in [2.05, 4.69) is 15.4 Å². The van der Waals surface area contributed by atoms with Gasteiger partial charge >= 0.3 is 12.1 Å². The van der Waals surface area contributed by atoms with Gasteiger partial charge in [0, 0.05) is 5.69 Å². The number of carbonyl (C=O) groups excluding carboxylic acids is 2. The number of aromatic nitrogens is 3. The molecule has 0 saturated carbocycles. The quantitative estimate of drug-likeness (QED) is 0.486. The molecule has 0 aliphatic rings. The van der Waals surface area contributed by atoms with E-state index < -0.39 is 30.2 Å². The third-order valence-corrected chi connectivity index (χ3v) is 4.14. The van der Waals surface area contributed by atoms with Crippen molar-refractivity contribution in [1.82, 2.24) is 14.8 Å². The molecule has 0 fully saturated rings. The summed E-state index contributed by atoms with van der Waals surface area (Å²) in [6.07, 6.45) is -2.16. The number of ether oxygens (including phenoxy) is 1. The maximum atomic E-state index is 13.1. The Kier molecular flexibility index (Phi) is 5.72. The van der Waals surface area contributed by atoms with E-state index in [1.54, 1.807) is 19.1 Å². The third kappa shape index (κ3) is 4.57. The number of halogens is 3. The molecule has 3 rings (SSSR count). The summed E-state index contributed by atoms with van der Waals surface area (Å²) in [5, 5.41) is 6.16. The van der Waals surface area contributed by atoms with Gasteiger partial charge in [0.25, 0.3) is 5.91 Å². The first-order valence-electron chi connectivity index (χ1n) is 8.55.